The van der Waals surface area contributed by atoms with Gasteiger partial charge in [0.2, 0.25) is 0 Å². The number of aromatic nitrogens is 1. The van der Waals surface area contributed by atoms with E-state index < -0.39 is 0 Å². The summed E-state index contributed by atoms with van der Waals surface area (Å²) >= 11 is 5.94. The zero-order valence-corrected chi connectivity index (χ0v) is 15.2. The van der Waals surface area contributed by atoms with Crippen molar-refractivity contribution in [3.05, 3.63) is 76.4 Å². The Hall–Kier alpha value is -3.05. The lowest BCUT2D eigenvalue weighted by Gasteiger charge is -2.10. The average Bonchev–Trinajstić information content (AvgIpc) is 2.60. The van der Waals surface area contributed by atoms with E-state index in [2.05, 4.69) is 10.3 Å². The van der Waals surface area contributed by atoms with Crippen molar-refractivity contribution in [2.24, 2.45) is 0 Å². The van der Waals surface area contributed by atoms with E-state index in [1.165, 1.54) is 0 Å². The fourth-order valence-electron chi connectivity index (χ4n) is 2.38. The topological polar surface area (TPSA) is 77.2 Å². The van der Waals surface area contributed by atoms with Crippen LogP contribution >= 0.6 is 11.6 Å². The molecule has 1 heterocycles. The molecule has 0 fully saturated rings. The molecule has 0 atom stereocenters. The highest BCUT2D eigenvalue weighted by atomic mass is 35.5. The molecule has 0 unspecified atom stereocenters. The van der Waals surface area contributed by atoms with E-state index >= 15 is 0 Å². The summed E-state index contributed by atoms with van der Waals surface area (Å²) in [5, 5.41) is 3.41. The number of hydrogen-bond acceptors (Lipinski definition) is 4. The molecule has 0 spiro atoms. The van der Waals surface area contributed by atoms with Crippen LogP contribution in [0.4, 0.5) is 11.5 Å². The maximum absolute atomic E-state index is 12.4. The first kappa shape index (κ1) is 17.8. The van der Waals surface area contributed by atoms with Gasteiger partial charge in [-0.3, -0.25) is 4.79 Å². The van der Waals surface area contributed by atoms with Gasteiger partial charge in [0.05, 0.1) is 5.56 Å². The summed E-state index contributed by atoms with van der Waals surface area (Å²) in [7, 11) is 0. The van der Waals surface area contributed by atoms with E-state index in [1.807, 2.05) is 26.0 Å². The first-order valence-corrected chi connectivity index (χ1v) is 8.39. The van der Waals surface area contributed by atoms with E-state index in [0.717, 1.165) is 11.3 Å². The summed E-state index contributed by atoms with van der Waals surface area (Å²) in [4.78, 5) is 16.6. The Morgan fingerprint density at radius 2 is 1.81 bits per heavy atom. The van der Waals surface area contributed by atoms with E-state index in [9.17, 15) is 4.79 Å². The van der Waals surface area contributed by atoms with Crippen LogP contribution in [0.3, 0.4) is 0 Å². The molecule has 3 aromatic rings. The number of nitrogens with two attached hydrogens (primary N) is 1. The standard InChI is InChI=1S/C20H18ClN3O2/c1-12-10-18(19(22)23-13(12)2)20(25)24-15-6-8-16(9-7-15)26-17-5-3-4-14(21)11-17/h3-11H,1-2H3,(H2,22,23)(H,24,25). The highest BCUT2D eigenvalue weighted by Crippen LogP contribution is 2.25. The number of benzene rings is 2. The number of amides is 1. The van der Waals surface area contributed by atoms with Gasteiger partial charge in [-0.15, -0.1) is 0 Å². The second-order valence-electron chi connectivity index (χ2n) is 5.86. The molecule has 0 aliphatic heterocycles. The van der Waals surface area contributed by atoms with Crippen molar-refractivity contribution < 1.29 is 9.53 Å². The third-order valence-corrected chi connectivity index (χ3v) is 4.12. The molecule has 0 aliphatic rings. The Morgan fingerprint density at radius 3 is 2.50 bits per heavy atom. The molecule has 0 aliphatic carbocycles. The molecule has 0 saturated carbocycles. The number of pyridine rings is 1. The number of carbonyl (C=O) groups is 1. The number of aryl methyl sites for hydroxylation is 2. The number of rotatable bonds is 4. The number of ether oxygens (including phenoxy) is 1. The second-order valence-corrected chi connectivity index (χ2v) is 6.30. The van der Waals surface area contributed by atoms with E-state index in [4.69, 9.17) is 22.1 Å². The molecule has 26 heavy (non-hydrogen) atoms. The van der Waals surface area contributed by atoms with E-state index in [1.54, 1.807) is 42.5 Å². The summed E-state index contributed by atoms with van der Waals surface area (Å²) in [6.45, 7) is 3.74. The number of nitrogens with zero attached hydrogens (tertiary/aromatic N) is 1. The lowest BCUT2D eigenvalue weighted by Crippen LogP contribution is -2.15. The predicted molar refractivity (Wildman–Crippen MR) is 104 cm³/mol. The van der Waals surface area contributed by atoms with Crippen molar-refractivity contribution in [1.82, 2.24) is 4.98 Å². The monoisotopic (exact) mass is 367 g/mol. The summed E-state index contributed by atoms with van der Waals surface area (Å²) in [5.74, 6) is 1.19. The van der Waals surface area contributed by atoms with Crippen LogP contribution in [0.5, 0.6) is 11.5 Å². The predicted octanol–water partition coefficient (Wildman–Crippen LogP) is 4.98. The van der Waals surface area contributed by atoms with Gasteiger partial charge in [0.15, 0.2) is 0 Å². The Labute approximate surface area is 156 Å². The van der Waals surface area contributed by atoms with Crippen LogP contribution in [0.1, 0.15) is 21.6 Å². The van der Waals surface area contributed by atoms with Gasteiger partial charge in [-0.1, -0.05) is 17.7 Å². The summed E-state index contributed by atoms with van der Waals surface area (Å²) in [6, 6.07) is 15.9. The van der Waals surface area contributed by atoms with E-state index in [-0.39, 0.29) is 11.7 Å². The van der Waals surface area contributed by atoms with Crippen LogP contribution in [0.2, 0.25) is 5.02 Å². The molecule has 0 radical (unpaired) electrons. The second kappa shape index (κ2) is 7.45. The quantitative estimate of drug-likeness (QED) is 0.681. The highest BCUT2D eigenvalue weighted by Gasteiger charge is 2.13. The first-order chi connectivity index (χ1) is 12.4. The van der Waals surface area contributed by atoms with Crippen molar-refractivity contribution in [3.8, 4) is 11.5 Å². The fourth-order valence-corrected chi connectivity index (χ4v) is 2.56. The summed E-state index contributed by atoms with van der Waals surface area (Å²) < 4.78 is 5.72. The summed E-state index contributed by atoms with van der Waals surface area (Å²) in [5.41, 5.74) is 8.57. The molecule has 3 N–H and O–H groups in total. The van der Waals surface area contributed by atoms with Gasteiger partial charge in [-0.25, -0.2) is 4.98 Å². The Morgan fingerprint density at radius 1 is 1.08 bits per heavy atom. The zero-order chi connectivity index (χ0) is 18.7. The Kier molecular flexibility index (Phi) is 5.09. The molecule has 0 saturated heterocycles. The Balaban J connectivity index is 1.71. The smallest absolute Gasteiger partial charge is 0.259 e. The van der Waals surface area contributed by atoms with Crippen LogP contribution < -0.4 is 15.8 Å². The van der Waals surface area contributed by atoms with Crippen molar-refractivity contribution in [2.45, 2.75) is 13.8 Å². The molecule has 1 aromatic heterocycles. The van der Waals surface area contributed by atoms with Crippen LogP contribution in [-0.2, 0) is 0 Å². The SMILES string of the molecule is Cc1cc(C(=O)Nc2ccc(Oc3cccc(Cl)c3)cc2)c(N)nc1C. The number of nitrogen functional groups attached to an aromatic ring is 1. The molecule has 2 aromatic carbocycles. The van der Waals surface area contributed by atoms with Crippen molar-refractivity contribution in [3.63, 3.8) is 0 Å². The number of nitrogens with one attached hydrogen (secondary N) is 1. The lowest BCUT2D eigenvalue weighted by atomic mass is 10.1. The van der Waals surface area contributed by atoms with Gasteiger partial charge in [0.1, 0.15) is 17.3 Å². The lowest BCUT2D eigenvalue weighted by molar-refractivity contribution is 0.102. The van der Waals surface area contributed by atoms with Crippen molar-refractivity contribution >= 4 is 29.0 Å². The van der Waals surface area contributed by atoms with Crippen molar-refractivity contribution in [1.29, 1.82) is 0 Å². The van der Waals surface area contributed by atoms with Gasteiger partial charge < -0.3 is 15.8 Å². The van der Waals surface area contributed by atoms with Gasteiger partial charge >= 0.3 is 0 Å². The number of carbonyl (C=O) groups excluding carboxylic acids is 1. The molecule has 5 nitrogen and oxygen atoms in total. The van der Waals surface area contributed by atoms with E-state index in [0.29, 0.717) is 27.8 Å². The Bertz CT molecular complexity index is 956. The minimum Gasteiger partial charge on any atom is -0.457 e. The van der Waals surface area contributed by atoms with Gasteiger partial charge in [0, 0.05) is 16.4 Å². The minimum atomic E-state index is -0.304. The van der Waals surface area contributed by atoms with Crippen LogP contribution in [0, 0.1) is 13.8 Å². The maximum atomic E-state index is 12.4. The molecule has 0 bridgehead atoms. The van der Waals surface area contributed by atoms with Gasteiger partial charge in [-0.05, 0) is 67.9 Å². The number of hydrogen-bond donors (Lipinski definition) is 2. The molecule has 6 heteroatoms. The molecule has 3 rings (SSSR count). The normalized spacial score (nSPS) is 10.4. The van der Waals surface area contributed by atoms with Crippen LogP contribution in [0.25, 0.3) is 0 Å². The zero-order valence-electron chi connectivity index (χ0n) is 14.4. The average molecular weight is 368 g/mol. The first-order valence-electron chi connectivity index (χ1n) is 8.01. The highest BCUT2D eigenvalue weighted by molar-refractivity contribution is 6.30. The summed E-state index contributed by atoms with van der Waals surface area (Å²) in [6.07, 6.45) is 0. The van der Waals surface area contributed by atoms with Gasteiger partial charge in [-0.2, -0.15) is 0 Å². The van der Waals surface area contributed by atoms with Crippen LogP contribution in [-0.4, -0.2) is 10.9 Å². The van der Waals surface area contributed by atoms with Gasteiger partial charge in [0.25, 0.3) is 5.91 Å². The third kappa shape index (κ3) is 4.13. The third-order valence-electron chi connectivity index (χ3n) is 3.88. The van der Waals surface area contributed by atoms with Crippen molar-refractivity contribution in [2.75, 3.05) is 11.1 Å². The molecular formula is C20H18ClN3O2. The molecular weight excluding hydrogens is 350 g/mol. The maximum Gasteiger partial charge on any atom is 0.259 e. The largest absolute Gasteiger partial charge is 0.457 e. The number of anilines is 2. The minimum absolute atomic E-state index is 0.214. The molecule has 1 amide bonds. The fraction of sp³-hybridized carbons (Fsp3) is 0.100. The van der Waals surface area contributed by atoms with Crippen LogP contribution in [0.15, 0.2) is 54.6 Å². The number of halogens is 1. The molecule has 132 valence electrons.